The molecule has 1 aromatic rings. The Morgan fingerprint density at radius 2 is 2.26 bits per heavy atom. The zero-order valence-electron chi connectivity index (χ0n) is 11.0. The number of amides is 1. The van der Waals surface area contributed by atoms with Crippen LogP contribution in [0.4, 0.5) is 5.82 Å². The van der Waals surface area contributed by atoms with Crippen molar-refractivity contribution in [3.63, 3.8) is 0 Å². The van der Waals surface area contributed by atoms with E-state index in [0.717, 1.165) is 36.3 Å². The number of carbonyl (C=O) groups excluding carboxylic acids is 1. The minimum Gasteiger partial charge on any atom is -0.339 e. The molecule has 0 aromatic carbocycles. The molecule has 1 fully saturated rings. The Kier molecular flexibility index (Phi) is 4.76. The van der Waals surface area contributed by atoms with E-state index in [0.29, 0.717) is 11.4 Å². The molecule has 5 nitrogen and oxygen atoms in total. The number of hydrogen-bond donors (Lipinski definition) is 2. The standard InChI is InChI=1S/C13H19BrN4O/c1-2-9-3-5-18(6-4-9)13(19)11-7-10(14)8-16-12(11)17-15/h7-9H,2-6,15H2,1H3,(H,16,17). The maximum Gasteiger partial charge on any atom is 0.257 e. The van der Waals surface area contributed by atoms with Gasteiger partial charge in [-0.25, -0.2) is 10.8 Å². The van der Waals surface area contributed by atoms with Crippen molar-refractivity contribution in [2.24, 2.45) is 11.8 Å². The topological polar surface area (TPSA) is 71.2 Å². The van der Waals surface area contributed by atoms with Crippen LogP contribution in [0.1, 0.15) is 36.5 Å². The van der Waals surface area contributed by atoms with E-state index in [1.807, 2.05) is 4.90 Å². The molecule has 1 saturated heterocycles. The third kappa shape index (κ3) is 3.25. The van der Waals surface area contributed by atoms with E-state index in [2.05, 4.69) is 33.3 Å². The third-order valence-electron chi connectivity index (χ3n) is 3.70. The fourth-order valence-corrected chi connectivity index (χ4v) is 2.76. The number of rotatable bonds is 3. The second kappa shape index (κ2) is 6.34. The smallest absolute Gasteiger partial charge is 0.257 e. The highest BCUT2D eigenvalue weighted by Gasteiger charge is 2.24. The zero-order chi connectivity index (χ0) is 13.8. The van der Waals surface area contributed by atoms with Crippen molar-refractivity contribution in [3.8, 4) is 0 Å². The van der Waals surface area contributed by atoms with Gasteiger partial charge >= 0.3 is 0 Å². The van der Waals surface area contributed by atoms with Gasteiger partial charge in [-0.3, -0.25) is 4.79 Å². The van der Waals surface area contributed by atoms with Crippen LogP contribution in [-0.4, -0.2) is 28.9 Å². The number of anilines is 1. The van der Waals surface area contributed by atoms with E-state index < -0.39 is 0 Å². The summed E-state index contributed by atoms with van der Waals surface area (Å²) in [7, 11) is 0. The van der Waals surface area contributed by atoms with Gasteiger partial charge < -0.3 is 10.3 Å². The van der Waals surface area contributed by atoms with E-state index in [4.69, 9.17) is 5.84 Å². The molecule has 0 spiro atoms. The first-order valence-electron chi connectivity index (χ1n) is 6.57. The van der Waals surface area contributed by atoms with Gasteiger partial charge in [-0.05, 0) is 40.8 Å². The minimum absolute atomic E-state index is 0.00342. The SMILES string of the molecule is CCC1CCN(C(=O)c2cc(Br)cnc2NN)CC1. The number of nitrogens with two attached hydrogens (primary N) is 1. The van der Waals surface area contributed by atoms with Crippen LogP contribution in [0.25, 0.3) is 0 Å². The fourth-order valence-electron chi connectivity index (χ4n) is 2.43. The molecule has 0 radical (unpaired) electrons. The molecule has 1 aromatic heterocycles. The number of nitrogen functional groups attached to an aromatic ring is 1. The van der Waals surface area contributed by atoms with Crippen LogP contribution in [-0.2, 0) is 0 Å². The molecule has 0 atom stereocenters. The highest BCUT2D eigenvalue weighted by molar-refractivity contribution is 9.10. The minimum atomic E-state index is -0.00342. The molecule has 6 heteroatoms. The maximum absolute atomic E-state index is 12.5. The Labute approximate surface area is 121 Å². The van der Waals surface area contributed by atoms with E-state index in [1.54, 1.807) is 12.3 Å². The molecular weight excluding hydrogens is 308 g/mol. The van der Waals surface area contributed by atoms with Gasteiger partial charge in [0, 0.05) is 23.8 Å². The van der Waals surface area contributed by atoms with E-state index in [1.165, 1.54) is 6.42 Å². The summed E-state index contributed by atoms with van der Waals surface area (Å²) in [5.74, 6) is 6.58. The molecule has 0 unspecified atom stereocenters. The van der Waals surface area contributed by atoms with Gasteiger partial charge in [-0.2, -0.15) is 0 Å². The fraction of sp³-hybridized carbons (Fsp3) is 0.538. The number of hydrogen-bond acceptors (Lipinski definition) is 4. The normalized spacial score (nSPS) is 16.5. The predicted octanol–water partition coefficient (Wildman–Crippen LogP) is 2.39. The molecule has 19 heavy (non-hydrogen) atoms. The summed E-state index contributed by atoms with van der Waals surface area (Å²) in [4.78, 5) is 18.5. The lowest BCUT2D eigenvalue weighted by atomic mass is 9.94. The average Bonchev–Trinajstić information content (AvgIpc) is 2.46. The average molecular weight is 327 g/mol. The third-order valence-corrected chi connectivity index (χ3v) is 4.13. The number of carbonyl (C=O) groups is 1. The molecule has 1 aliphatic rings. The van der Waals surface area contributed by atoms with Crippen molar-refractivity contribution < 1.29 is 4.79 Å². The van der Waals surface area contributed by atoms with Gasteiger partial charge in [0.2, 0.25) is 0 Å². The van der Waals surface area contributed by atoms with E-state index in [9.17, 15) is 4.79 Å². The largest absolute Gasteiger partial charge is 0.339 e. The summed E-state index contributed by atoms with van der Waals surface area (Å²) < 4.78 is 0.776. The second-order valence-electron chi connectivity index (χ2n) is 4.84. The Balaban J connectivity index is 2.14. The molecule has 2 heterocycles. The molecule has 104 valence electrons. The van der Waals surface area contributed by atoms with Crippen molar-refractivity contribution in [3.05, 3.63) is 22.3 Å². The van der Waals surface area contributed by atoms with Crippen LogP contribution in [0.5, 0.6) is 0 Å². The van der Waals surface area contributed by atoms with Gasteiger partial charge in [0.25, 0.3) is 5.91 Å². The van der Waals surface area contributed by atoms with E-state index in [-0.39, 0.29) is 5.91 Å². The van der Waals surface area contributed by atoms with Crippen LogP contribution in [0.3, 0.4) is 0 Å². The van der Waals surface area contributed by atoms with Crippen molar-refractivity contribution in [1.29, 1.82) is 0 Å². The van der Waals surface area contributed by atoms with Crippen molar-refractivity contribution >= 4 is 27.7 Å². The number of halogens is 1. The summed E-state index contributed by atoms with van der Waals surface area (Å²) in [6, 6.07) is 1.76. The molecule has 0 saturated carbocycles. The molecule has 1 aliphatic heterocycles. The zero-order valence-corrected chi connectivity index (χ0v) is 12.6. The summed E-state index contributed by atoms with van der Waals surface area (Å²) in [5, 5.41) is 0. The van der Waals surface area contributed by atoms with Crippen LogP contribution in [0.2, 0.25) is 0 Å². The first-order chi connectivity index (χ1) is 9.15. The van der Waals surface area contributed by atoms with Crippen molar-refractivity contribution in [2.45, 2.75) is 26.2 Å². The lowest BCUT2D eigenvalue weighted by Gasteiger charge is -2.31. The van der Waals surface area contributed by atoms with Gasteiger partial charge in [0.1, 0.15) is 0 Å². The molecule has 0 aliphatic carbocycles. The summed E-state index contributed by atoms with van der Waals surface area (Å²) >= 11 is 3.34. The molecule has 2 rings (SSSR count). The highest BCUT2D eigenvalue weighted by Crippen LogP contribution is 2.24. The Bertz CT molecular complexity index is 458. The second-order valence-corrected chi connectivity index (χ2v) is 5.75. The van der Waals surface area contributed by atoms with Crippen molar-refractivity contribution in [1.82, 2.24) is 9.88 Å². The number of nitrogens with zero attached hydrogens (tertiary/aromatic N) is 2. The number of likely N-dealkylation sites (tertiary alicyclic amines) is 1. The van der Waals surface area contributed by atoms with Crippen LogP contribution in [0, 0.1) is 5.92 Å². The number of hydrazine groups is 1. The molecule has 3 N–H and O–H groups in total. The first kappa shape index (κ1) is 14.3. The van der Waals surface area contributed by atoms with Gasteiger partial charge in [-0.1, -0.05) is 13.3 Å². The van der Waals surface area contributed by atoms with Gasteiger partial charge in [0.15, 0.2) is 5.82 Å². The summed E-state index contributed by atoms with van der Waals surface area (Å²) in [6.07, 6.45) is 4.97. The van der Waals surface area contributed by atoms with Gasteiger partial charge in [-0.15, -0.1) is 0 Å². The highest BCUT2D eigenvalue weighted by atomic mass is 79.9. The monoisotopic (exact) mass is 326 g/mol. The number of piperidine rings is 1. The number of nitrogens with one attached hydrogen (secondary N) is 1. The maximum atomic E-state index is 12.5. The number of pyridine rings is 1. The number of aromatic nitrogens is 1. The molecule has 0 bridgehead atoms. The molecule has 1 amide bonds. The lowest BCUT2D eigenvalue weighted by Crippen LogP contribution is -2.38. The lowest BCUT2D eigenvalue weighted by molar-refractivity contribution is 0.0689. The Morgan fingerprint density at radius 1 is 1.58 bits per heavy atom. The summed E-state index contributed by atoms with van der Waals surface area (Å²) in [6.45, 7) is 3.83. The quantitative estimate of drug-likeness (QED) is 0.661. The van der Waals surface area contributed by atoms with Gasteiger partial charge in [0.05, 0.1) is 5.56 Å². The van der Waals surface area contributed by atoms with Crippen LogP contribution in [0.15, 0.2) is 16.7 Å². The van der Waals surface area contributed by atoms with Crippen LogP contribution < -0.4 is 11.3 Å². The van der Waals surface area contributed by atoms with Crippen LogP contribution >= 0.6 is 15.9 Å². The summed E-state index contributed by atoms with van der Waals surface area (Å²) in [5.41, 5.74) is 3.00. The Morgan fingerprint density at radius 3 is 2.84 bits per heavy atom. The van der Waals surface area contributed by atoms with Crippen molar-refractivity contribution in [2.75, 3.05) is 18.5 Å². The molecular formula is C13H19BrN4O. The van der Waals surface area contributed by atoms with E-state index >= 15 is 0 Å². The Hall–Kier alpha value is -1.14. The first-order valence-corrected chi connectivity index (χ1v) is 7.36. The predicted molar refractivity (Wildman–Crippen MR) is 78.7 cm³/mol.